The lowest BCUT2D eigenvalue weighted by molar-refractivity contribution is -0.119. The Morgan fingerprint density at radius 1 is 0.600 bits per heavy atom. The lowest BCUT2D eigenvalue weighted by Gasteiger charge is -2.39. The Morgan fingerprint density at radius 3 is 1.93 bits per heavy atom. The topological polar surface area (TPSA) is 17.1 Å². The molecule has 45 heavy (non-hydrogen) atoms. The van der Waals surface area contributed by atoms with Crippen LogP contribution < -0.4 is 0 Å². The summed E-state index contributed by atoms with van der Waals surface area (Å²) < 4.78 is 0. The van der Waals surface area contributed by atoms with E-state index in [1.165, 1.54) is 77.9 Å². The molecule has 4 aliphatic rings. The van der Waals surface area contributed by atoms with Crippen LogP contribution in [0, 0.1) is 44.9 Å². The summed E-state index contributed by atoms with van der Waals surface area (Å²) in [5.74, 6) is 0.648. The molecule has 2 atom stereocenters. The van der Waals surface area contributed by atoms with Gasteiger partial charge in [-0.2, -0.15) is 0 Å². The van der Waals surface area contributed by atoms with E-state index in [0.717, 1.165) is 12.8 Å². The summed E-state index contributed by atoms with van der Waals surface area (Å²) >= 11 is 0. The maximum Gasteiger partial charge on any atom is 0.162 e. The van der Waals surface area contributed by atoms with E-state index in [-0.39, 0.29) is 17.1 Å². The first-order valence-electron chi connectivity index (χ1n) is 16.4. The summed E-state index contributed by atoms with van der Waals surface area (Å²) in [6.45, 7) is 17.4. The van der Waals surface area contributed by atoms with Crippen LogP contribution in [0.4, 0.5) is 0 Å². The fraction of sp³-hybridized carbons (Fsp3) is 0.295. The van der Waals surface area contributed by atoms with Crippen LogP contribution in [-0.2, 0) is 17.6 Å². The average Bonchev–Trinajstić information content (AvgIpc) is 3.57. The number of fused-ring (bicyclic) bond motifs is 7. The highest BCUT2D eigenvalue weighted by atomic mass is 16.1. The van der Waals surface area contributed by atoms with Crippen molar-refractivity contribution in [1.29, 1.82) is 0 Å². The fourth-order valence-electron chi connectivity index (χ4n) is 7.40. The smallest absolute Gasteiger partial charge is 0.162 e. The van der Waals surface area contributed by atoms with Gasteiger partial charge in [-0.3, -0.25) is 4.79 Å². The quantitative estimate of drug-likeness (QED) is 0.172. The van der Waals surface area contributed by atoms with Crippen molar-refractivity contribution in [3.63, 3.8) is 0 Å². The molecule has 4 aromatic carbocycles. The van der Waals surface area contributed by atoms with Crippen molar-refractivity contribution in [1.82, 2.24) is 0 Å². The van der Waals surface area contributed by atoms with Crippen LogP contribution >= 0.6 is 0 Å². The van der Waals surface area contributed by atoms with Crippen LogP contribution in [-0.4, -0.2) is 5.78 Å². The number of ketones is 1. The normalized spacial score (nSPS) is 19.3. The summed E-state index contributed by atoms with van der Waals surface area (Å²) in [7, 11) is 0. The molecule has 0 aromatic heterocycles. The van der Waals surface area contributed by atoms with Gasteiger partial charge in [0, 0.05) is 5.92 Å². The Balaban J connectivity index is 0.000000119. The lowest BCUT2D eigenvalue weighted by atomic mass is 9.64. The fourth-order valence-corrected chi connectivity index (χ4v) is 7.40. The average molecular weight is 591 g/mol. The van der Waals surface area contributed by atoms with Crippen molar-refractivity contribution in [3.8, 4) is 22.3 Å². The van der Waals surface area contributed by atoms with Gasteiger partial charge >= 0.3 is 0 Å². The van der Waals surface area contributed by atoms with Gasteiger partial charge in [-0.15, -0.1) is 0 Å². The summed E-state index contributed by atoms with van der Waals surface area (Å²) in [4.78, 5) is 11.8. The second-order valence-electron chi connectivity index (χ2n) is 14.1. The predicted molar refractivity (Wildman–Crippen MR) is 191 cm³/mol. The van der Waals surface area contributed by atoms with Crippen molar-refractivity contribution >= 4 is 5.78 Å². The molecule has 4 aromatic rings. The molecule has 0 aliphatic heterocycles. The lowest BCUT2D eigenvalue weighted by Crippen LogP contribution is -2.36. The highest BCUT2D eigenvalue weighted by Crippen LogP contribution is 2.44. The second kappa shape index (κ2) is 11.9. The summed E-state index contributed by atoms with van der Waals surface area (Å²) in [5, 5.41) is 0. The molecule has 0 bridgehead atoms. The van der Waals surface area contributed by atoms with Crippen LogP contribution in [0.2, 0.25) is 0 Å². The van der Waals surface area contributed by atoms with E-state index in [2.05, 4.69) is 146 Å². The summed E-state index contributed by atoms with van der Waals surface area (Å²) in [6.07, 6.45) is 10.4. The van der Waals surface area contributed by atoms with Gasteiger partial charge in [0.15, 0.2) is 5.78 Å². The third-order valence-corrected chi connectivity index (χ3v) is 10.6. The van der Waals surface area contributed by atoms with Crippen molar-refractivity contribution in [2.45, 2.75) is 68.2 Å². The first kappa shape index (κ1) is 30.8. The van der Waals surface area contributed by atoms with Gasteiger partial charge in [0.1, 0.15) is 0 Å². The van der Waals surface area contributed by atoms with E-state index in [1.54, 1.807) is 6.08 Å². The number of hydrogen-bond donors (Lipinski definition) is 0. The van der Waals surface area contributed by atoms with Crippen molar-refractivity contribution < 1.29 is 4.79 Å². The van der Waals surface area contributed by atoms with Crippen LogP contribution in [0.25, 0.3) is 22.3 Å². The highest BCUT2D eigenvalue weighted by Gasteiger charge is 2.39. The van der Waals surface area contributed by atoms with Gasteiger partial charge in [-0.25, -0.2) is 0 Å². The molecule has 0 saturated heterocycles. The van der Waals surface area contributed by atoms with Crippen LogP contribution in [0.5, 0.6) is 0 Å². The van der Waals surface area contributed by atoms with E-state index in [9.17, 15) is 4.79 Å². The number of allylic oxidation sites excluding steroid dienone is 6. The molecule has 8 rings (SSSR count). The van der Waals surface area contributed by atoms with Crippen molar-refractivity contribution in [3.05, 3.63) is 153 Å². The molecular formula is C44H46O. The van der Waals surface area contributed by atoms with E-state index < -0.39 is 0 Å². The van der Waals surface area contributed by atoms with Gasteiger partial charge < -0.3 is 0 Å². The standard InChI is InChI=1S/2C15H14.C14H18O/c1-10-7-13-9-12-5-3-4-6-14(12)15(13)8-11(10)2;1-10-7-8-13-9-12-5-3-4-6-14(12)15(13)11(10)2;1-9-7-11-12(8-10(9)2)14(3,4)6-5-13(11)15/h2*3-8H,9H2,1-2H3;5-8,11-12H,1-4H3. The Hall–Kier alpha value is -4.23. The van der Waals surface area contributed by atoms with E-state index in [1.807, 2.05) is 0 Å². The zero-order chi connectivity index (χ0) is 32.0. The first-order chi connectivity index (χ1) is 21.4. The minimum Gasteiger partial charge on any atom is -0.294 e. The summed E-state index contributed by atoms with van der Waals surface area (Å²) in [5.41, 5.74) is 20.0. The molecule has 0 saturated carbocycles. The van der Waals surface area contributed by atoms with Crippen LogP contribution in [0.15, 0.2) is 108 Å². The molecule has 2 unspecified atom stereocenters. The number of carbonyl (C=O) groups is 1. The minimum atomic E-state index is 0.0636. The zero-order valence-corrected chi connectivity index (χ0v) is 28.2. The third kappa shape index (κ3) is 5.82. The van der Waals surface area contributed by atoms with Crippen molar-refractivity contribution in [2.75, 3.05) is 0 Å². The number of rotatable bonds is 0. The SMILES string of the molecule is CC1=CC2C(=O)C=CC(C)(C)C2C=C1C.Cc1cc2c(cc1C)-c1ccccc1C2.Cc1ccc2c(c1C)-c1ccccc1C2. The van der Waals surface area contributed by atoms with Gasteiger partial charge in [0.2, 0.25) is 0 Å². The molecule has 1 nitrogen and oxygen atoms in total. The number of benzene rings is 4. The molecular weight excluding hydrogens is 544 g/mol. The second-order valence-corrected chi connectivity index (χ2v) is 14.1. The largest absolute Gasteiger partial charge is 0.294 e. The van der Waals surface area contributed by atoms with Crippen LogP contribution in [0.1, 0.15) is 72.2 Å². The highest BCUT2D eigenvalue weighted by molar-refractivity contribution is 5.95. The Kier molecular flexibility index (Phi) is 8.16. The molecule has 0 radical (unpaired) electrons. The van der Waals surface area contributed by atoms with E-state index in [0.29, 0.717) is 5.92 Å². The molecule has 228 valence electrons. The number of aryl methyl sites for hydroxylation is 3. The van der Waals surface area contributed by atoms with E-state index in [4.69, 9.17) is 0 Å². The van der Waals surface area contributed by atoms with Gasteiger partial charge in [0.05, 0.1) is 0 Å². The van der Waals surface area contributed by atoms with Gasteiger partial charge in [0.25, 0.3) is 0 Å². The maximum absolute atomic E-state index is 11.8. The Morgan fingerprint density at radius 2 is 1.20 bits per heavy atom. The zero-order valence-electron chi connectivity index (χ0n) is 28.2. The molecule has 0 fully saturated rings. The van der Waals surface area contributed by atoms with Crippen LogP contribution in [0.3, 0.4) is 0 Å². The summed E-state index contributed by atoms with van der Waals surface area (Å²) in [6, 6.07) is 26.7. The third-order valence-electron chi connectivity index (χ3n) is 10.6. The van der Waals surface area contributed by atoms with Gasteiger partial charge in [-0.1, -0.05) is 116 Å². The van der Waals surface area contributed by atoms with E-state index >= 15 is 0 Å². The molecule has 0 heterocycles. The Bertz CT molecular complexity index is 1910. The monoisotopic (exact) mass is 590 g/mol. The molecule has 0 spiro atoms. The maximum atomic E-state index is 11.8. The number of carbonyl (C=O) groups excluding carboxylic acids is 1. The van der Waals surface area contributed by atoms with Crippen molar-refractivity contribution in [2.24, 2.45) is 17.3 Å². The molecule has 0 N–H and O–H groups in total. The molecule has 4 aliphatic carbocycles. The predicted octanol–water partition coefficient (Wildman–Crippen LogP) is 11.0. The van der Waals surface area contributed by atoms with Gasteiger partial charge in [-0.05, 0) is 139 Å². The minimum absolute atomic E-state index is 0.0636. The number of hydrogen-bond acceptors (Lipinski definition) is 1. The Labute approximate surface area is 270 Å². The molecule has 1 heteroatoms. The molecule has 0 amide bonds. The first-order valence-corrected chi connectivity index (χ1v) is 16.4.